The molecule has 0 bridgehead atoms. The Balaban J connectivity index is 2.83. The van der Waals surface area contributed by atoms with E-state index in [1.807, 2.05) is 0 Å². The lowest BCUT2D eigenvalue weighted by atomic mass is 10.5. The van der Waals surface area contributed by atoms with Crippen LogP contribution in [-0.2, 0) is 0 Å². The third-order valence-corrected chi connectivity index (χ3v) is 1.11. The van der Waals surface area contributed by atoms with Crippen LogP contribution in [0, 0.1) is 0 Å². The molecule has 1 aromatic heterocycles. The second kappa shape index (κ2) is 2.67. The maximum absolute atomic E-state index is 4.69. The first kappa shape index (κ1) is 5.56. The largest absolute Gasteiger partial charge is 0.418 e. The minimum absolute atomic E-state index is 0.764. The van der Waals surface area contributed by atoms with Gasteiger partial charge in [-0.25, -0.2) is 0 Å². The smallest absolute Gasteiger partial charge is 0.179 e. The van der Waals surface area contributed by atoms with Crippen molar-refractivity contribution in [2.75, 3.05) is 0 Å². The standard InChI is InChI=1S/C5H4BrNO/c6-8-5-1-3-7-4-2-5/h1-4H. The summed E-state index contributed by atoms with van der Waals surface area (Å²) in [6, 6.07) is 3.52. The van der Waals surface area contributed by atoms with Crippen LogP contribution in [0.4, 0.5) is 0 Å². The zero-order valence-corrected chi connectivity index (χ0v) is 5.63. The van der Waals surface area contributed by atoms with Crippen molar-refractivity contribution in [2.45, 2.75) is 0 Å². The molecule has 0 unspecified atom stereocenters. The molecule has 0 N–H and O–H groups in total. The van der Waals surface area contributed by atoms with Crippen molar-refractivity contribution in [3.05, 3.63) is 24.5 Å². The Morgan fingerprint density at radius 2 is 2.00 bits per heavy atom. The topological polar surface area (TPSA) is 22.1 Å². The molecule has 1 heterocycles. The van der Waals surface area contributed by atoms with Gasteiger partial charge in [0.2, 0.25) is 0 Å². The molecular formula is C5H4BrNO. The van der Waals surface area contributed by atoms with Crippen LogP contribution in [-0.4, -0.2) is 4.98 Å². The average Bonchev–Trinajstić information content (AvgIpc) is 1.90. The summed E-state index contributed by atoms with van der Waals surface area (Å²) in [6.07, 6.45) is 3.33. The number of hydrogen-bond donors (Lipinski definition) is 0. The molecule has 8 heavy (non-hydrogen) atoms. The van der Waals surface area contributed by atoms with Gasteiger partial charge in [0.15, 0.2) is 16.3 Å². The Labute approximate surface area is 56.0 Å². The van der Waals surface area contributed by atoms with E-state index in [1.54, 1.807) is 24.5 Å². The summed E-state index contributed by atoms with van der Waals surface area (Å²) in [5.41, 5.74) is 0. The molecular weight excluding hydrogens is 170 g/mol. The van der Waals surface area contributed by atoms with Gasteiger partial charge in [-0.3, -0.25) is 4.98 Å². The van der Waals surface area contributed by atoms with E-state index in [-0.39, 0.29) is 0 Å². The van der Waals surface area contributed by atoms with Crippen molar-refractivity contribution < 1.29 is 3.83 Å². The SMILES string of the molecule is BrOc1ccncc1. The lowest BCUT2D eigenvalue weighted by Crippen LogP contribution is -1.72. The number of halogens is 1. The van der Waals surface area contributed by atoms with Gasteiger partial charge in [-0.05, 0) is 12.1 Å². The molecule has 3 heteroatoms. The fourth-order valence-corrected chi connectivity index (χ4v) is 0.605. The summed E-state index contributed by atoms with van der Waals surface area (Å²) < 4.78 is 4.69. The monoisotopic (exact) mass is 173 g/mol. The average molecular weight is 174 g/mol. The zero-order valence-electron chi connectivity index (χ0n) is 4.04. The van der Waals surface area contributed by atoms with Crippen LogP contribution in [0.2, 0.25) is 0 Å². The van der Waals surface area contributed by atoms with Gasteiger partial charge < -0.3 is 3.83 Å². The summed E-state index contributed by atoms with van der Waals surface area (Å²) in [5, 5.41) is 0. The Hall–Kier alpha value is -0.570. The molecule has 0 spiro atoms. The molecule has 0 saturated heterocycles. The quantitative estimate of drug-likeness (QED) is 0.647. The van der Waals surface area contributed by atoms with E-state index >= 15 is 0 Å². The zero-order chi connectivity index (χ0) is 5.82. The van der Waals surface area contributed by atoms with Gasteiger partial charge in [0.05, 0.1) is 0 Å². The highest BCUT2D eigenvalue weighted by Crippen LogP contribution is 2.08. The predicted molar refractivity (Wildman–Crippen MR) is 33.8 cm³/mol. The van der Waals surface area contributed by atoms with Crippen molar-refractivity contribution in [2.24, 2.45) is 0 Å². The number of hydrogen-bond acceptors (Lipinski definition) is 2. The maximum atomic E-state index is 4.69. The van der Waals surface area contributed by atoms with Crippen molar-refractivity contribution in [3.8, 4) is 5.75 Å². The molecule has 42 valence electrons. The van der Waals surface area contributed by atoms with Gasteiger partial charge in [0.25, 0.3) is 0 Å². The van der Waals surface area contributed by atoms with E-state index < -0.39 is 0 Å². The molecule has 0 amide bonds. The summed E-state index contributed by atoms with van der Waals surface area (Å²) in [4.78, 5) is 3.79. The Kier molecular flexibility index (Phi) is 1.86. The van der Waals surface area contributed by atoms with Gasteiger partial charge in [0, 0.05) is 12.4 Å². The number of nitrogens with zero attached hydrogens (tertiary/aromatic N) is 1. The minimum atomic E-state index is 0.764. The van der Waals surface area contributed by atoms with E-state index in [9.17, 15) is 0 Å². The normalized spacial score (nSPS) is 8.62. The molecule has 0 aliphatic heterocycles. The van der Waals surface area contributed by atoms with E-state index in [4.69, 9.17) is 0 Å². The molecule has 1 aromatic rings. The van der Waals surface area contributed by atoms with E-state index in [1.165, 1.54) is 0 Å². The summed E-state index contributed by atoms with van der Waals surface area (Å²) in [5.74, 6) is 0.764. The Morgan fingerprint density at radius 1 is 1.38 bits per heavy atom. The molecule has 0 aliphatic rings. The van der Waals surface area contributed by atoms with E-state index in [2.05, 4.69) is 25.1 Å². The summed E-state index contributed by atoms with van der Waals surface area (Å²) in [7, 11) is 0. The summed E-state index contributed by atoms with van der Waals surface area (Å²) >= 11 is 2.83. The number of pyridine rings is 1. The van der Waals surface area contributed by atoms with Crippen LogP contribution < -0.4 is 3.83 Å². The Bertz CT molecular complexity index is 154. The molecule has 0 saturated carbocycles. The highest BCUT2D eigenvalue weighted by Gasteiger charge is 1.83. The highest BCUT2D eigenvalue weighted by molar-refractivity contribution is 9.06. The van der Waals surface area contributed by atoms with Gasteiger partial charge >= 0.3 is 0 Å². The minimum Gasteiger partial charge on any atom is -0.418 e. The van der Waals surface area contributed by atoms with E-state index in [0.717, 1.165) is 5.75 Å². The highest BCUT2D eigenvalue weighted by atomic mass is 79.9. The van der Waals surface area contributed by atoms with Crippen molar-refractivity contribution >= 4 is 16.3 Å². The first-order valence-corrected chi connectivity index (χ1v) is 2.77. The van der Waals surface area contributed by atoms with Crippen LogP contribution in [0.5, 0.6) is 5.75 Å². The molecule has 1 rings (SSSR count). The second-order valence-corrected chi connectivity index (χ2v) is 1.58. The fourth-order valence-electron chi connectivity index (χ4n) is 0.390. The Morgan fingerprint density at radius 3 is 2.38 bits per heavy atom. The number of rotatable bonds is 1. The first-order chi connectivity index (χ1) is 3.93. The van der Waals surface area contributed by atoms with Crippen LogP contribution in [0.1, 0.15) is 0 Å². The van der Waals surface area contributed by atoms with Crippen LogP contribution in [0.3, 0.4) is 0 Å². The number of aromatic nitrogens is 1. The third kappa shape index (κ3) is 1.20. The molecule has 0 aromatic carbocycles. The van der Waals surface area contributed by atoms with Gasteiger partial charge in [-0.15, -0.1) is 0 Å². The van der Waals surface area contributed by atoms with Gasteiger partial charge in [0.1, 0.15) is 5.75 Å². The van der Waals surface area contributed by atoms with Gasteiger partial charge in [-0.1, -0.05) is 0 Å². The molecule has 0 aliphatic carbocycles. The van der Waals surface area contributed by atoms with Crippen LogP contribution in [0.25, 0.3) is 0 Å². The van der Waals surface area contributed by atoms with Crippen LogP contribution >= 0.6 is 16.3 Å². The van der Waals surface area contributed by atoms with E-state index in [0.29, 0.717) is 0 Å². The van der Waals surface area contributed by atoms with Crippen molar-refractivity contribution in [1.29, 1.82) is 0 Å². The predicted octanol–water partition coefficient (Wildman–Crippen LogP) is 1.77. The molecule has 0 atom stereocenters. The molecule has 0 fully saturated rings. The molecule has 2 nitrogen and oxygen atoms in total. The van der Waals surface area contributed by atoms with Crippen LogP contribution in [0.15, 0.2) is 24.5 Å². The second-order valence-electron chi connectivity index (χ2n) is 1.26. The summed E-state index contributed by atoms with van der Waals surface area (Å²) in [6.45, 7) is 0. The maximum Gasteiger partial charge on any atom is 0.179 e. The first-order valence-electron chi connectivity index (χ1n) is 2.12. The molecule has 0 radical (unpaired) electrons. The lowest BCUT2D eigenvalue weighted by Gasteiger charge is -1.89. The van der Waals surface area contributed by atoms with Crippen molar-refractivity contribution in [1.82, 2.24) is 4.98 Å². The third-order valence-electron chi connectivity index (χ3n) is 0.739. The fraction of sp³-hybridized carbons (Fsp3) is 0. The van der Waals surface area contributed by atoms with Gasteiger partial charge in [-0.2, -0.15) is 0 Å². The lowest BCUT2D eigenvalue weighted by molar-refractivity contribution is 0.676. The van der Waals surface area contributed by atoms with Crippen molar-refractivity contribution in [3.63, 3.8) is 0 Å².